The molecule has 5 nitrogen and oxygen atoms in total. The number of hydrogen-bond donors (Lipinski definition) is 3. The lowest BCUT2D eigenvalue weighted by Gasteiger charge is -2.17. The van der Waals surface area contributed by atoms with Gasteiger partial charge in [0.05, 0.1) is 6.04 Å². The first-order valence-electron chi connectivity index (χ1n) is 6.83. The largest absolute Gasteiger partial charge is 0.355 e. The molecule has 2 atom stereocenters. The minimum atomic E-state index is -0.481. The third-order valence-electron chi connectivity index (χ3n) is 3.47. The van der Waals surface area contributed by atoms with Gasteiger partial charge < -0.3 is 16.4 Å². The van der Waals surface area contributed by atoms with Crippen LogP contribution in [0.25, 0.3) is 0 Å². The lowest BCUT2D eigenvalue weighted by Crippen LogP contribution is -2.44. The summed E-state index contributed by atoms with van der Waals surface area (Å²) in [5.74, 6) is -0.111. The maximum atomic E-state index is 11.8. The number of amides is 2. The van der Waals surface area contributed by atoms with Crippen molar-refractivity contribution in [2.45, 2.75) is 32.9 Å². The molecule has 0 aliphatic heterocycles. The van der Waals surface area contributed by atoms with Crippen LogP contribution in [0.4, 0.5) is 0 Å². The first kappa shape index (κ1) is 16.2. The van der Waals surface area contributed by atoms with Gasteiger partial charge in [0.1, 0.15) is 0 Å². The molecule has 4 N–H and O–H groups in total. The van der Waals surface area contributed by atoms with Gasteiger partial charge in [-0.05, 0) is 23.6 Å². The summed E-state index contributed by atoms with van der Waals surface area (Å²) in [5.41, 5.74) is 7.38. The topological polar surface area (TPSA) is 84.2 Å². The highest BCUT2D eigenvalue weighted by Crippen LogP contribution is 2.07. The van der Waals surface area contributed by atoms with E-state index in [9.17, 15) is 9.59 Å². The van der Waals surface area contributed by atoms with Crippen LogP contribution >= 0.6 is 0 Å². The lowest BCUT2D eigenvalue weighted by atomic mass is 9.99. The first-order chi connectivity index (χ1) is 9.49. The number of nitrogens with one attached hydrogen (secondary N) is 2. The summed E-state index contributed by atoms with van der Waals surface area (Å²) in [4.78, 5) is 23.2. The van der Waals surface area contributed by atoms with Crippen molar-refractivity contribution >= 4 is 11.8 Å². The Bertz CT molecular complexity index is 457. The normalized spacial score (nSPS) is 13.4. The molecule has 0 aromatic heterocycles. The van der Waals surface area contributed by atoms with Gasteiger partial charge in [0.15, 0.2) is 0 Å². The zero-order valence-electron chi connectivity index (χ0n) is 12.3. The Kier molecular flexibility index (Phi) is 6.18. The molecule has 0 spiro atoms. The van der Waals surface area contributed by atoms with Crippen molar-refractivity contribution in [2.24, 2.45) is 11.7 Å². The van der Waals surface area contributed by atoms with Crippen molar-refractivity contribution < 1.29 is 9.59 Å². The highest BCUT2D eigenvalue weighted by molar-refractivity contribution is 5.93. The van der Waals surface area contributed by atoms with Crippen molar-refractivity contribution in [3.8, 4) is 0 Å². The van der Waals surface area contributed by atoms with Crippen molar-refractivity contribution in [2.75, 3.05) is 7.05 Å². The smallest absolute Gasteiger partial charge is 0.251 e. The highest BCUT2D eigenvalue weighted by Gasteiger charge is 2.18. The number of carbonyl (C=O) groups excluding carboxylic acids is 2. The fourth-order valence-corrected chi connectivity index (χ4v) is 1.74. The molecule has 20 heavy (non-hydrogen) atoms. The van der Waals surface area contributed by atoms with E-state index in [4.69, 9.17) is 5.73 Å². The van der Waals surface area contributed by atoms with Gasteiger partial charge in [-0.25, -0.2) is 0 Å². The third kappa shape index (κ3) is 4.35. The molecule has 0 heterocycles. The van der Waals surface area contributed by atoms with Crippen LogP contribution in [0.3, 0.4) is 0 Å². The molecule has 0 saturated carbocycles. The van der Waals surface area contributed by atoms with Gasteiger partial charge in [-0.15, -0.1) is 0 Å². The monoisotopic (exact) mass is 277 g/mol. The quantitative estimate of drug-likeness (QED) is 0.726. The fraction of sp³-hybridized carbons (Fsp3) is 0.467. The van der Waals surface area contributed by atoms with Gasteiger partial charge in [0, 0.05) is 19.2 Å². The van der Waals surface area contributed by atoms with Crippen LogP contribution in [0.15, 0.2) is 24.3 Å². The molecule has 1 aromatic carbocycles. The summed E-state index contributed by atoms with van der Waals surface area (Å²) in [6.45, 7) is 4.38. The van der Waals surface area contributed by atoms with Crippen molar-refractivity contribution in [1.82, 2.24) is 10.6 Å². The molecule has 0 fully saturated rings. The summed E-state index contributed by atoms with van der Waals surface area (Å²) in [7, 11) is 1.59. The molecule has 0 aliphatic rings. The van der Waals surface area contributed by atoms with Crippen LogP contribution in [-0.2, 0) is 11.3 Å². The van der Waals surface area contributed by atoms with Crippen molar-refractivity contribution in [3.63, 3.8) is 0 Å². The van der Waals surface area contributed by atoms with Crippen molar-refractivity contribution in [3.05, 3.63) is 35.4 Å². The lowest BCUT2D eigenvalue weighted by molar-refractivity contribution is -0.123. The Labute approximate surface area is 119 Å². The molecule has 2 amide bonds. The number of carbonyl (C=O) groups is 2. The molecule has 0 bridgehead atoms. The average molecular weight is 277 g/mol. The van der Waals surface area contributed by atoms with Crippen LogP contribution < -0.4 is 16.4 Å². The average Bonchev–Trinajstić information content (AvgIpc) is 2.50. The molecule has 0 radical (unpaired) electrons. The molecular weight excluding hydrogens is 254 g/mol. The summed E-state index contributed by atoms with van der Waals surface area (Å²) in [5, 5.41) is 5.37. The van der Waals surface area contributed by atoms with Crippen LogP contribution in [-0.4, -0.2) is 24.9 Å². The number of nitrogens with two attached hydrogens (primary N) is 1. The first-order valence-corrected chi connectivity index (χ1v) is 6.83. The highest BCUT2D eigenvalue weighted by atomic mass is 16.2. The number of hydrogen-bond acceptors (Lipinski definition) is 3. The second-order valence-electron chi connectivity index (χ2n) is 4.91. The number of benzene rings is 1. The van der Waals surface area contributed by atoms with Crippen LogP contribution in [0.5, 0.6) is 0 Å². The zero-order chi connectivity index (χ0) is 15.1. The minimum absolute atomic E-state index is 0.126. The van der Waals surface area contributed by atoms with E-state index >= 15 is 0 Å². The Morgan fingerprint density at radius 2 is 1.85 bits per heavy atom. The Hall–Kier alpha value is -1.88. The SMILES string of the molecule is CC[C@H](C)[C@H](N)C(=O)NCc1ccc(C(=O)NC)cc1. The van der Waals surface area contributed by atoms with E-state index in [2.05, 4.69) is 10.6 Å². The Morgan fingerprint density at radius 1 is 1.25 bits per heavy atom. The second kappa shape index (κ2) is 7.65. The molecule has 0 aliphatic carbocycles. The van der Waals surface area contributed by atoms with Gasteiger partial charge in [-0.2, -0.15) is 0 Å². The van der Waals surface area contributed by atoms with E-state index in [1.165, 1.54) is 0 Å². The van der Waals surface area contributed by atoms with Gasteiger partial charge in [0.25, 0.3) is 5.91 Å². The van der Waals surface area contributed by atoms with Gasteiger partial charge in [0.2, 0.25) is 5.91 Å². The zero-order valence-corrected chi connectivity index (χ0v) is 12.3. The predicted octanol–water partition coefficient (Wildman–Crippen LogP) is 1.04. The van der Waals surface area contributed by atoms with Gasteiger partial charge in [-0.1, -0.05) is 32.4 Å². The summed E-state index contributed by atoms with van der Waals surface area (Å²) in [6, 6.07) is 6.62. The van der Waals surface area contributed by atoms with Gasteiger partial charge in [-0.3, -0.25) is 9.59 Å². The molecule has 1 aromatic rings. The third-order valence-corrected chi connectivity index (χ3v) is 3.47. The van der Waals surface area contributed by atoms with Gasteiger partial charge >= 0.3 is 0 Å². The molecule has 1 rings (SSSR count). The summed E-state index contributed by atoms with van der Waals surface area (Å²) < 4.78 is 0. The fourth-order valence-electron chi connectivity index (χ4n) is 1.74. The Morgan fingerprint density at radius 3 is 2.35 bits per heavy atom. The Balaban J connectivity index is 2.54. The summed E-state index contributed by atoms with van der Waals surface area (Å²) >= 11 is 0. The van der Waals surface area contributed by atoms with E-state index in [-0.39, 0.29) is 17.7 Å². The molecule has 0 unspecified atom stereocenters. The maximum absolute atomic E-state index is 11.8. The molecular formula is C15H23N3O2. The number of rotatable bonds is 6. The van der Waals surface area contributed by atoms with E-state index in [0.717, 1.165) is 12.0 Å². The van der Waals surface area contributed by atoms with Crippen LogP contribution in [0.2, 0.25) is 0 Å². The van der Waals surface area contributed by atoms with E-state index in [0.29, 0.717) is 12.1 Å². The van der Waals surface area contributed by atoms with E-state index in [1.54, 1.807) is 19.2 Å². The van der Waals surface area contributed by atoms with E-state index < -0.39 is 6.04 Å². The predicted molar refractivity (Wildman–Crippen MR) is 79.1 cm³/mol. The molecule has 110 valence electrons. The maximum Gasteiger partial charge on any atom is 0.251 e. The van der Waals surface area contributed by atoms with Crippen molar-refractivity contribution in [1.29, 1.82) is 0 Å². The van der Waals surface area contributed by atoms with E-state index in [1.807, 2.05) is 26.0 Å². The summed E-state index contributed by atoms with van der Waals surface area (Å²) in [6.07, 6.45) is 0.870. The van der Waals surface area contributed by atoms with Crippen LogP contribution in [0.1, 0.15) is 36.2 Å². The minimum Gasteiger partial charge on any atom is -0.355 e. The molecule has 5 heteroatoms. The standard InChI is InChI=1S/C15H23N3O2/c1-4-10(2)13(16)15(20)18-9-11-5-7-12(8-6-11)14(19)17-3/h5-8,10,13H,4,9,16H2,1-3H3,(H,17,19)(H,18,20)/t10-,13-/m0/s1. The second-order valence-corrected chi connectivity index (χ2v) is 4.91. The van der Waals surface area contributed by atoms with Crippen LogP contribution in [0, 0.1) is 5.92 Å². The molecule has 0 saturated heterocycles.